The molecule has 4 nitrogen and oxygen atoms in total. The summed E-state index contributed by atoms with van der Waals surface area (Å²) in [7, 11) is 0. The molecule has 0 unspecified atom stereocenters. The lowest BCUT2D eigenvalue weighted by atomic mass is 10.0. The van der Waals surface area contributed by atoms with Gasteiger partial charge < -0.3 is 9.15 Å². The van der Waals surface area contributed by atoms with E-state index in [-0.39, 0.29) is 5.78 Å². The van der Waals surface area contributed by atoms with Crippen LogP contribution in [0.5, 0.6) is 5.75 Å². The van der Waals surface area contributed by atoms with E-state index in [0.717, 1.165) is 23.3 Å². The summed E-state index contributed by atoms with van der Waals surface area (Å²) in [6, 6.07) is 24.3. The maximum absolute atomic E-state index is 13.3. The lowest BCUT2D eigenvalue weighted by molar-refractivity contribution is 0.105. The largest absolute Gasteiger partial charge is 0.494 e. The van der Waals surface area contributed by atoms with E-state index in [1.54, 1.807) is 12.1 Å². The molecule has 3 aromatic carbocycles. The van der Waals surface area contributed by atoms with Crippen molar-refractivity contribution in [2.75, 3.05) is 6.61 Å². The molecule has 0 fully saturated rings. The number of oxazole rings is 1. The standard InChI is InChI=1S/C25H21NO3/c1-2-16-28-20-14-12-19(13-15-20)24(27)21(17-18-8-4-3-5-9-18)25-26-22-10-6-7-11-23(22)29-25/h3-15,17H,2,16H2,1H3. The second-order valence-electron chi connectivity index (χ2n) is 6.66. The van der Waals surface area contributed by atoms with Crippen molar-refractivity contribution in [3.05, 3.63) is 95.9 Å². The first kappa shape index (κ1) is 18.7. The van der Waals surface area contributed by atoms with Crippen molar-refractivity contribution in [1.82, 2.24) is 4.98 Å². The first-order valence-electron chi connectivity index (χ1n) is 9.65. The molecule has 4 heteroatoms. The van der Waals surface area contributed by atoms with Gasteiger partial charge >= 0.3 is 0 Å². The average molecular weight is 383 g/mol. The number of carbonyl (C=O) groups excluding carboxylic acids is 1. The molecule has 0 saturated heterocycles. The fourth-order valence-electron chi connectivity index (χ4n) is 3.01. The molecular weight excluding hydrogens is 362 g/mol. The minimum Gasteiger partial charge on any atom is -0.494 e. The number of carbonyl (C=O) groups is 1. The van der Waals surface area contributed by atoms with Crippen molar-refractivity contribution < 1.29 is 13.9 Å². The average Bonchev–Trinajstić information content (AvgIpc) is 3.20. The van der Waals surface area contributed by atoms with Crippen molar-refractivity contribution in [2.24, 2.45) is 0 Å². The summed E-state index contributed by atoms with van der Waals surface area (Å²) < 4.78 is 11.5. The Balaban J connectivity index is 1.73. The number of Topliss-reactive ketones (excluding diaryl/α,β-unsaturated/α-hetero) is 1. The van der Waals surface area contributed by atoms with Gasteiger partial charge in [0.2, 0.25) is 5.89 Å². The number of nitrogens with zero attached hydrogens (tertiary/aromatic N) is 1. The highest BCUT2D eigenvalue weighted by molar-refractivity contribution is 6.31. The smallest absolute Gasteiger partial charge is 0.231 e. The number of allylic oxidation sites excluding steroid dienone is 1. The normalized spacial score (nSPS) is 11.6. The molecule has 1 aromatic heterocycles. The Morgan fingerprint density at radius 2 is 1.69 bits per heavy atom. The fourth-order valence-corrected chi connectivity index (χ4v) is 3.01. The van der Waals surface area contributed by atoms with E-state index in [9.17, 15) is 4.79 Å². The summed E-state index contributed by atoms with van der Waals surface area (Å²) in [4.78, 5) is 17.9. The quantitative estimate of drug-likeness (QED) is 0.288. The summed E-state index contributed by atoms with van der Waals surface area (Å²) >= 11 is 0. The minimum absolute atomic E-state index is 0.151. The van der Waals surface area contributed by atoms with Crippen molar-refractivity contribution >= 4 is 28.5 Å². The van der Waals surface area contributed by atoms with Crippen molar-refractivity contribution in [1.29, 1.82) is 0 Å². The van der Waals surface area contributed by atoms with Gasteiger partial charge in [0.25, 0.3) is 0 Å². The Labute approximate surface area is 169 Å². The summed E-state index contributed by atoms with van der Waals surface area (Å²) in [5.74, 6) is 0.910. The van der Waals surface area contributed by atoms with Gasteiger partial charge in [-0.1, -0.05) is 49.4 Å². The Kier molecular flexibility index (Phi) is 5.52. The van der Waals surface area contributed by atoms with Gasteiger partial charge in [0.15, 0.2) is 11.4 Å². The van der Waals surface area contributed by atoms with Gasteiger partial charge in [-0.2, -0.15) is 0 Å². The van der Waals surface area contributed by atoms with Crippen LogP contribution in [0.2, 0.25) is 0 Å². The first-order valence-corrected chi connectivity index (χ1v) is 9.65. The van der Waals surface area contributed by atoms with E-state index >= 15 is 0 Å². The van der Waals surface area contributed by atoms with Crippen LogP contribution in [0.15, 0.2) is 83.3 Å². The molecule has 0 amide bonds. The number of ketones is 1. The van der Waals surface area contributed by atoms with E-state index in [1.165, 1.54) is 0 Å². The summed E-state index contributed by atoms with van der Waals surface area (Å²) in [6.07, 6.45) is 2.75. The third-order valence-corrected chi connectivity index (χ3v) is 4.47. The number of hydrogen-bond donors (Lipinski definition) is 0. The van der Waals surface area contributed by atoms with Crippen LogP contribution in [-0.2, 0) is 0 Å². The predicted molar refractivity (Wildman–Crippen MR) is 115 cm³/mol. The number of aromatic nitrogens is 1. The van der Waals surface area contributed by atoms with Gasteiger partial charge in [-0.25, -0.2) is 4.98 Å². The Morgan fingerprint density at radius 1 is 0.966 bits per heavy atom. The third-order valence-electron chi connectivity index (χ3n) is 4.47. The molecule has 0 N–H and O–H groups in total. The van der Waals surface area contributed by atoms with Crippen LogP contribution >= 0.6 is 0 Å². The van der Waals surface area contributed by atoms with Crippen molar-refractivity contribution in [3.63, 3.8) is 0 Å². The van der Waals surface area contributed by atoms with Gasteiger partial charge in [0.1, 0.15) is 11.3 Å². The van der Waals surface area contributed by atoms with Crippen LogP contribution in [-0.4, -0.2) is 17.4 Å². The highest BCUT2D eigenvalue weighted by Crippen LogP contribution is 2.27. The van der Waals surface area contributed by atoms with E-state index in [1.807, 2.05) is 72.8 Å². The van der Waals surface area contributed by atoms with Gasteiger partial charge in [-0.05, 0) is 54.5 Å². The second kappa shape index (κ2) is 8.57. The monoisotopic (exact) mass is 383 g/mol. The van der Waals surface area contributed by atoms with Crippen LogP contribution in [0.3, 0.4) is 0 Å². The molecule has 0 saturated carbocycles. The number of fused-ring (bicyclic) bond motifs is 1. The highest BCUT2D eigenvalue weighted by atomic mass is 16.5. The second-order valence-corrected chi connectivity index (χ2v) is 6.66. The zero-order valence-corrected chi connectivity index (χ0v) is 16.2. The fraction of sp³-hybridized carbons (Fsp3) is 0.120. The number of para-hydroxylation sites is 2. The summed E-state index contributed by atoms with van der Waals surface area (Å²) in [5, 5.41) is 0. The molecule has 4 rings (SSSR count). The molecule has 1 heterocycles. The molecule has 0 bridgehead atoms. The molecule has 4 aromatic rings. The topological polar surface area (TPSA) is 52.3 Å². The molecule has 0 aliphatic heterocycles. The van der Waals surface area contributed by atoms with Crippen LogP contribution in [0.4, 0.5) is 0 Å². The molecule has 0 atom stereocenters. The summed E-state index contributed by atoms with van der Waals surface area (Å²) in [5.41, 5.74) is 3.24. The molecular formula is C25H21NO3. The van der Waals surface area contributed by atoms with E-state index < -0.39 is 0 Å². The van der Waals surface area contributed by atoms with Gasteiger partial charge in [-0.3, -0.25) is 4.79 Å². The van der Waals surface area contributed by atoms with Crippen LogP contribution in [0, 0.1) is 0 Å². The maximum Gasteiger partial charge on any atom is 0.231 e. The molecule has 0 spiro atoms. The third kappa shape index (κ3) is 4.27. The molecule has 0 aliphatic carbocycles. The molecule has 144 valence electrons. The van der Waals surface area contributed by atoms with E-state index in [2.05, 4.69) is 11.9 Å². The molecule has 29 heavy (non-hydrogen) atoms. The van der Waals surface area contributed by atoms with Gasteiger partial charge in [0.05, 0.1) is 12.2 Å². The molecule has 0 radical (unpaired) electrons. The number of benzene rings is 3. The Morgan fingerprint density at radius 3 is 2.41 bits per heavy atom. The Hall–Kier alpha value is -3.66. The predicted octanol–water partition coefficient (Wildman–Crippen LogP) is 6.04. The van der Waals surface area contributed by atoms with Crippen molar-refractivity contribution in [3.8, 4) is 5.75 Å². The zero-order chi connectivity index (χ0) is 20.1. The van der Waals surface area contributed by atoms with Crippen molar-refractivity contribution in [2.45, 2.75) is 13.3 Å². The Bertz CT molecular complexity index is 1110. The minimum atomic E-state index is -0.151. The van der Waals surface area contributed by atoms with E-state index in [0.29, 0.717) is 29.2 Å². The lowest BCUT2D eigenvalue weighted by Crippen LogP contribution is -2.04. The van der Waals surface area contributed by atoms with Gasteiger partial charge in [-0.15, -0.1) is 0 Å². The maximum atomic E-state index is 13.3. The van der Waals surface area contributed by atoms with Crippen LogP contribution in [0.25, 0.3) is 22.7 Å². The van der Waals surface area contributed by atoms with Crippen LogP contribution in [0.1, 0.15) is 35.2 Å². The number of hydrogen-bond acceptors (Lipinski definition) is 4. The van der Waals surface area contributed by atoms with E-state index in [4.69, 9.17) is 9.15 Å². The summed E-state index contributed by atoms with van der Waals surface area (Å²) in [6.45, 7) is 2.70. The lowest BCUT2D eigenvalue weighted by Gasteiger charge is -2.07. The zero-order valence-electron chi connectivity index (χ0n) is 16.2. The molecule has 0 aliphatic rings. The number of rotatable bonds is 7. The first-order chi connectivity index (χ1) is 14.2. The highest BCUT2D eigenvalue weighted by Gasteiger charge is 2.20. The number of ether oxygens (including phenoxy) is 1. The SMILES string of the molecule is CCCOc1ccc(C(=O)C(=Cc2ccccc2)c2nc3ccccc3o2)cc1. The van der Waals surface area contributed by atoms with Crippen LogP contribution < -0.4 is 4.74 Å². The van der Waals surface area contributed by atoms with Gasteiger partial charge in [0, 0.05) is 5.56 Å².